The van der Waals surface area contributed by atoms with Crippen LogP contribution in [0.5, 0.6) is 0 Å². The number of likely N-dealkylation sites (tertiary alicyclic amines) is 1. The number of nitrogens with one attached hydrogen (secondary N) is 1. The number of carboxylic acid groups (broad SMARTS) is 2. The Kier molecular flexibility index (Phi) is 6.59. The molecule has 12 heteroatoms. The number of carboxylic acids is 2. The minimum atomic E-state index is -4.20. The highest BCUT2D eigenvalue weighted by Gasteiger charge is 2.48. The van der Waals surface area contributed by atoms with Crippen molar-refractivity contribution in [2.45, 2.75) is 42.3 Å². The van der Waals surface area contributed by atoms with E-state index in [-0.39, 0.29) is 23.4 Å². The Balaban J connectivity index is 1.93. The van der Waals surface area contributed by atoms with Gasteiger partial charge in [-0.25, -0.2) is 8.42 Å². The fourth-order valence-electron chi connectivity index (χ4n) is 4.16. The molecule has 0 bridgehead atoms. The molecular weight excluding hydrogens is 428 g/mol. The monoisotopic (exact) mass is 450 g/mol. The molecule has 1 aromatic carbocycles. The van der Waals surface area contributed by atoms with Crippen LogP contribution in [-0.2, 0) is 24.4 Å². The van der Waals surface area contributed by atoms with Crippen LogP contribution in [0.4, 0.5) is 0 Å². The fraction of sp³-hybridized carbons (Fsp3) is 0.474. The lowest BCUT2D eigenvalue weighted by atomic mass is 10.1. The lowest BCUT2D eigenvalue weighted by molar-refractivity contribution is -0.143. The van der Waals surface area contributed by atoms with E-state index in [1.54, 1.807) is 4.90 Å². The topological polar surface area (TPSA) is 168 Å². The van der Waals surface area contributed by atoms with Crippen molar-refractivity contribution < 1.29 is 33.0 Å². The van der Waals surface area contributed by atoms with Crippen molar-refractivity contribution in [2.24, 2.45) is 0 Å². The van der Waals surface area contributed by atoms with Crippen molar-refractivity contribution in [3.8, 4) is 6.07 Å². The van der Waals surface area contributed by atoms with Gasteiger partial charge in [-0.15, -0.1) is 0 Å². The molecule has 0 aromatic heterocycles. The van der Waals surface area contributed by atoms with E-state index in [9.17, 15) is 27.9 Å². The van der Waals surface area contributed by atoms with Gasteiger partial charge in [-0.2, -0.15) is 9.57 Å². The largest absolute Gasteiger partial charge is 0.480 e. The Morgan fingerprint density at radius 3 is 2.61 bits per heavy atom. The third-order valence-corrected chi connectivity index (χ3v) is 7.44. The third-order valence-electron chi connectivity index (χ3n) is 5.57. The zero-order valence-corrected chi connectivity index (χ0v) is 17.3. The van der Waals surface area contributed by atoms with Crippen LogP contribution in [0.3, 0.4) is 0 Å². The van der Waals surface area contributed by atoms with E-state index in [1.165, 1.54) is 24.3 Å². The Hall–Kier alpha value is -3.01. The van der Waals surface area contributed by atoms with Crippen LogP contribution >= 0.6 is 0 Å². The number of nitrogens with zero attached hydrogens (tertiary/aromatic N) is 3. The van der Waals surface area contributed by atoms with Gasteiger partial charge in [0.05, 0.1) is 16.5 Å². The van der Waals surface area contributed by atoms with Crippen molar-refractivity contribution in [1.29, 1.82) is 5.26 Å². The maximum absolute atomic E-state index is 13.3. The quantitative estimate of drug-likeness (QED) is 0.493. The predicted molar refractivity (Wildman–Crippen MR) is 105 cm³/mol. The summed E-state index contributed by atoms with van der Waals surface area (Å²) >= 11 is 0. The molecule has 0 radical (unpaired) electrons. The molecule has 0 saturated carbocycles. The van der Waals surface area contributed by atoms with Crippen molar-refractivity contribution in [1.82, 2.24) is 14.5 Å². The number of benzene rings is 1. The highest BCUT2D eigenvalue weighted by Crippen LogP contribution is 2.33. The van der Waals surface area contributed by atoms with E-state index in [1.807, 2.05) is 6.07 Å². The minimum absolute atomic E-state index is 0.0341. The maximum Gasteiger partial charge on any atom is 0.322 e. The number of sulfonamides is 1. The summed E-state index contributed by atoms with van der Waals surface area (Å²) < 4.78 is 27.6. The molecule has 2 aliphatic heterocycles. The van der Waals surface area contributed by atoms with Gasteiger partial charge in [0.15, 0.2) is 0 Å². The van der Waals surface area contributed by atoms with E-state index < -0.39 is 52.5 Å². The van der Waals surface area contributed by atoms with Crippen molar-refractivity contribution in [3.63, 3.8) is 0 Å². The molecule has 0 spiro atoms. The molecule has 166 valence electrons. The second-order valence-electron chi connectivity index (χ2n) is 7.47. The minimum Gasteiger partial charge on any atom is -0.480 e. The molecule has 1 unspecified atom stereocenters. The second kappa shape index (κ2) is 9.01. The van der Waals surface area contributed by atoms with Crippen molar-refractivity contribution in [3.05, 3.63) is 29.8 Å². The molecule has 2 heterocycles. The highest BCUT2D eigenvalue weighted by atomic mass is 32.2. The molecule has 2 aliphatic rings. The predicted octanol–water partition coefficient (Wildman–Crippen LogP) is -0.560. The molecule has 31 heavy (non-hydrogen) atoms. The maximum atomic E-state index is 13.3. The van der Waals surface area contributed by atoms with E-state index in [4.69, 9.17) is 10.4 Å². The summed E-state index contributed by atoms with van der Waals surface area (Å²) in [6.45, 7) is -0.323. The van der Waals surface area contributed by atoms with Crippen LogP contribution in [0.2, 0.25) is 0 Å². The van der Waals surface area contributed by atoms with Gasteiger partial charge in [0.1, 0.15) is 18.6 Å². The Morgan fingerprint density at radius 2 is 1.97 bits per heavy atom. The fourth-order valence-corrected chi connectivity index (χ4v) is 5.84. The number of hydrogen-bond donors (Lipinski definition) is 3. The molecular formula is C19H22N4O7S. The molecule has 1 amide bonds. The van der Waals surface area contributed by atoms with Crippen molar-refractivity contribution >= 4 is 27.9 Å². The highest BCUT2D eigenvalue weighted by molar-refractivity contribution is 7.89. The number of hydrogen-bond acceptors (Lipinski definition) is 7. The summed E-state index contributed by atoms with van der Waals surface area (Å²) in [6.07, 6.45) is 1.10. The molecule has 1 aromatic rings. The first kappa shape index (κ1) is 22.7. The summed E-state index contributed by atoms with van der Waals surface area (Å²) in [4.78, 5) is 36.6. The first-order valence-electron chi connectivity index (χ1n) is 9.65. The Bertz CT molecular complexity index is 1040. The van der Waals surface area contributed by atoms with Gasteiger partial charge in [0, 0.05) is 12.6 Å². The van der Waals surface area contributed by atoms with Gasteiger partial charge in [-0.05, 0) is 44.0 Å². The summed E-state index contributed by atoms with van der Waals surface area (Å²) in [5, 5.41) is 29.6. The molecule has 11 nitrogen and oxygen atoms in total. The Morgan fingerprint density at radius 1 is 1.23 bits per heavy atom. The zero-order chi connectivity index (χ0) is 22.8. The van der Waals surface area contributed by atoms with Crippen LogP contribution in [0, 0.1) is 11.3 Å². The molecule has 0 aliphatic carbocycles. The van der Waals surface area contributed by atoms with Crippen LogP contribution in [0.25, 0.3) is 0 Å². The van der Waals surface area contributed by atoms with E-state index in [0.717, 1.165) is 4.31 Å². The van der Waals surface area contributed by atoms with E-state index >= 15 is 0 Å². The number of nitriles is 1. The van der Waals surface area contributed by atoms with Crippen LogP contribution in [0.15, 0.2) is 29.2 Å². The first-order chi connectivity index (χ1) is 14.6. The van der Waals surface area contributed by atoms with Crippen LogP contribution < -0.4 is 5.32 Å². The van der Waals surface area contributed by atoms with Gasteiger partial charge in [-0.3, -0.25) is 19.3 Å². The van der Waals surface area contributed by atoms with Crippen LogP contribution in [0.1, 0.15) is 24.8 Å². The number of carbonyl (C=O) groups excluding carboxylic acids is 1. The SMILES string of the molecule is N#Cc1cccc(S(=O)(=O)N2C[C@H](N3CCC[C@@H]3C(=O)O)CC2C(=O)NCC(=O)O)c1. The smallest absolute Gasteiger partial charge is 0.322 e. The molecule has 3 rings (SSSR count). The number of aliphatic carboxylic acids is 2. The summed E-state index contributed by atoms with van der Waals surface area (Å²) in [5.41, 5.74) is 0.134. The molecule has 3 atom stereocenters. The normalized spacial score (nSPS) is 24.5. The van der Waals surface area contributed by atoms with Crippen molar-refractivity contribution in [2.75, 3.05) is 19.6 Å². The lowest BCUT2D eigenvalue weighted by Gasteiger charge is -2.27. The van der Waals surface area contributed by atoms with Gasteiger partial charge in [0.25, 0.3) is 0 Å². The van der Waals surface area contributed by atoms with Gasteiger partial charge in [-0.1, -0.05) is 6.07 Å². The second-order valence-corrected chi connectivity index (χ2v) is 9.36. The molecule has 2 fully saturated rings. The number of rotatable bonds is 7. The summed E-state index contributed by atoms with van der Waals surface area (Å²) in [6, 6.07) is 4.76. The number of amides is 1. The van der Waals surface area contributed by atoms with Gasteiger partial charge < -0.3 is 15.5 Å². The molecule has 2 saturated heterocycles. The lowest BCUT2D eigenvalue weighted by Crippen LogP contribution is -2.47. The van der Waals surface area contributed by atoms with E-state index in [0.29, 0.717) is 19.4 Å². The number of carbonyl (C=O) groups is 3. The third kappa shape index (κ3) is 4.68. The standard InChI is InChI=1S/C19H22N4O7S/c20-9-12-3-1-4-14(7-12)31(29,30)23-11-13(22-6-2-5-15(22)19(27)28)8-16(23)18(26)21-10-17(24)25/h1,3-4,7,13,15-16H,2,5-6,8,10-11H2,(H,21,26)(H,24,25)(H,27,28)/t13-,15-,16?/m1/s1. The average Bonchev–Trinajstić information content (AvgIpc) is 3.39. The van der Waals surface area contributed by atoms with Gasteiger partial charge in [0.2, 0.25) is 15.9 Å². The first-order valence-corrected chi connectivity index (χ1v) is 11.1. The summed E-state index contributed by atoms with van der Waals surface area (Å²) in [5.74, 6) is -3.05. The van der Waals surface area contributed by atoms with E-state index in [2.05, 4.69) is 5.32 Å². The molecule has 3 N–H and O–H groups in total. The van der Waals surface area contributed by atoms with Gasteiger partial charge >= 0.3 is 11.9 Å². The summed E-state index contributed by atoms with van der Waals surface area (Å²) in [7, 11) is -4.20. The van der Waals surface area contributed by atoms with Crippen LogP contribution in [-0.4, -0.2) is 83.4 Å². The average molecular weight is 450 g/mol. The Labute approximate surface area is 178 Å². The zero-order valence-electron chi connectivity index (χ0n) is 16.5.